The highest BCUT2D eigenvalue weighted by Crippen LogP contribution is 2.36. The molecule has 0 spiro atoms. The predicted molar refractivity (Wildman–Crippen MR) is 90.4 cm³/mol. The first-order chi connectivity index (χ1) is 11.1. The maximum Gasteiger partial charge on any atom is 0.224 e. The van der Waals surface area contributed by atoms with Crippen LogP contribution in [0, 0.1) is 0 Å². The first kappa shape index (κ1) is 17.1. The molecular weight excluding hydrogens is 316 g/mol. The normalized spacial score (nSPS) is 10.2. The van der Waals surface area contributed by atoms with Gasteiger partial charge in [0.2, 0.25) is 5.91 Å². The molecule has 23 heavy (non-hydrogen) atoms. The van der Waals surface area contributed by atoms with Gasteiger partial charge in [0, 0.05) is 30.4 Å². The summed E-state index contributed by atoms with van der Waals surface area (Å²) in [5.74, 6) is 0.932. The number of hydrogen-bond acceptors (Lipinski definition) is 4. The van der Waals surface area contributed by atoms with Crippen molar-refractivity contribution in [1.29, 1.82) is 0 Å². The molecule has 6 heteroatoms. The molecule has 122 valence electrons. The van der Waals surface area contributed by atoms with E-state index < -0.39 is 0 Å². The van der Waals surface area contributed by atoms with Gasteiger partial charge in [0.05, 0.1) is 24.9 Å². The van der Waals surface area contributed by atoms with E-state index >= 15 is 0 Å². The number of carbonyl (C=O) groups excluding carboxylic acids is 1. The number of halogens is 1. The van der Waals surface area contributed by atoms with E-state index in [9.17, 15) is 4.79 Å². The second-order valence-electron chi connectivity index (χ2n) is 4.91. The Morgan fingerprint density at radius 1 is 1.22 bits per heavy atom. The first-order valence-corrected chi connectivity index (χ1v) is 7.63. The van der Waals surface area contributed by atoms with Gasteiger partial charge in [-0.1, -0.05) is 17.7 Å². The summed E-state index contributed by atoms with van der Waals surface area (Å²) in [6.45, 7) is 0. The maximum absolute atomic E-state index is 12.0. The number of benzene rings is 1. The molecule has 0 saturated carbocycles. The van der Waals surface area contributed by atoms with Gasteiger partial charge in [-0.2, -0.15) is 0 Å². The minimum Gasteiger partial charge on any atom is -0.493 e. The average Bonchev–Trinajstić information content (AvgIpc) is 2.57. The summed E-state index contributed by atoms with van der Waals surface area (Å²) in [6.07, 6.45) is 3.61. The maximum atomic E-state index is 12.0. The second kappa shape index (κ2) is 8.39. The van der Waals surface area contributed by atoms with Crippen LogP contribution in [0.4, 0.5) is 5.69 Å². The minimum atomic E-state index is -0.102. The fourth-order valence-electron chi connectivity index (χ4n) is 2.14. The third-order valence-electron chi connectivity index (χ3n) is 3.31. The van der Waals surface area contributed by atoms with Gasteiger partial charge < -0.3 is 14.8 Å². The molecule has 0 aliphatic carbocycles. The quantitative estimate of drug-likeness (QED) is 0.838. The SMILES string of the molecule is COc1cc(Cl)c(NC(=O)CCCc2ccccn2)cc1OC. The first-order valence-electron chi connectivity index (χ1n) is 7.25. The van der Waals surface area contributed by atoms with Crippen LogP contribution >= 0.6 is 11.6 Å². The van der Waals surface area contributed by atoms with E-state index in [2.05, 4.69) is 10.3 Å². The summed E-state index contributed by atoms with van der Waals surface area (Å²) in [4.78, 5) is 16.3. The number of hydrogen-bond donors (Lipinski definition) is 1. The lowest BCUT2D eigenvalue weighted by molar-refractivity contribution is -0.116. The molecule has 5 nitrogen and oxygen atoms in total. The van der Waals surface area contributed by atoms with Crippen LogP contribution in [-0.4, -0.2) is 25.1 Å². The number of nitrogens with one attached hydrogen (secondary N) is 1. The molecule has 0 unspecified atom stereocenters. The largest absolute Gasteiger partial charge is 0.493 e. The van der Waals surface area contributed by atoms with E-state index in [1.807, 2.05) is 18.2 Å². The summed E-state index contributed by atoms with van der Waals surface area (Å²) in [6, 6.07) is 9.02. The zero-order chi connectivity index (χ0) is 16.7. The van der Waals surface area contributed by atoms with E-state index in [1.54, 1.807) is 18.3 Å². The minimum absolute atomic E-state index is 0.102. The number of amides is 1. The molecule has 0 bridgehead atoms. The summed E-state index contributed by atoms with van der Waals surface area (Å²) < 4.78 is 10.4. The van der Waals surface area contributed by atoms with Gasteiger partial charge in [-0.3, -0.25) is 9.78 Å². The summed E-state index contributed by atoms with van der Waals surface area (Å²) in [5, 5.41) is 3.20. The molecule has 1 N–H and O–H groups in total. The highest BCUT2D eigenvalue weighted by Gasteiger charge is 2.12. The van der Waals surface area contributed by atoms with Crippen molar-refractivity contribution >= 4 is 23.2 Å². The van der Waals surface area contributed by atoms with Crippen LogP contribution in [0.3, 0.4) is 0 Å². The Morgan fingerprint density at radius 2 is 1.96 bits per heavy atom. The number of aromatic nitrogens is 1. The molecule has 0 saturated heterocycles. The topological polar surface area (TPSA) is 60.5 Å². The third kappa shape index (κ3) is 4.86. The number of nitrogens with zero attached hydrogens (tertiary/aromatic N) is 1. The fourth-order valence-corrected chi connectivity index (χ4v) is 2.34. The van der Waals surface area contributed by atoms with E-state index in [1.165, 1.54) is 14.2 Å². The van der Waals surface area contributed by atoms with Crippen LogP contribution in [-0.2, 0) is 11.2 Å². The highest BCUT2D eigenvalue weighted by molar-refractivity contribution is 6.34. The lowest BCUT2D eigenvalue weighted by atomic mass is 10.1. The molecule has 0 aliphatic rings. The van der Waals surface area contributed by atoms with Crippen molar-refractivity contribution in [1.82, 2.24) is 4.98 Å². The monoisotopic (exact) mass is 334 g/mol. The number of anilines is 1. The van der Waals surface area contributed by atoms with Gasteiger partial charge >= 0.3 is 0 Å². The van der Waals surface area contributed by atoms with Crippen molar-refractivity contribution < 1.29 is 14.3 Å². The number of rotatable bonds is 7. The Balaban J connectivity index is 1.92. The molecule has 0 fully saturated rings. The van der Waals surface area contributed by atoms with Crippen LogP contribution in [0.5, 0.6) is 11.5 Å². The van der Waals surface area contributed by atoms with Crippen molar-refractivity contribution in [2.24, 2.45) is 0 Å². The smallest absolute Gasteiger partial charge is 0.224 e. The summed E-state index contributed by atoms with van der Waals surface area (Å²) in [7, 11) is 3.06. The molecule has 1 amide bonds. The summed E-state index contributed by atoms with van der Waals surface area (Å²) >= 11 is 6.15. The molecular formula is C17H19ClN2O3. The van der Waals surface area contributed by atoms with Gasteiger partial charge in [0.1, 0.15) is 0 Å². The molecule has 0 atom stereocenters. The van der Waals surface area contributed by atoms with Crippen LogP contribution < -0.4 is 14.8 Å². The molecule has 0 radical (unpaired) electrons. The Kier molecular flexibility index (Phi) is 6.23. The fraction of sp³-hybridized carbons (Fsp3) is 0.294. The Labute approximate surface area is 140 Å². The third-order valence-corrected chi connectivity index (χ3v) is 3.62. The van der Waals surface area contributed by atoms with Crippen molar-refractivity contribution in [2.45, 2.75) is 19.3 Å². The van der Waals surface area contributed by atoms with Gasteiger partial charge in [-0.25, -0.2) is 0 Å². The zero-order valence-corrected chi connectivity index (χ0v) is 13.9. The number of pyridine rings is 1. The Morgan fingerprint density at radius 3 is 2.61 bits per heavy atom. The Bertz CT molecular complexity index is 662. The standard InChI is InChI=1S/C17H19ClN2O3/c1-22-15-10-13(18)14(11-16(15)23-2)20-17(21)8-5-7-12-6-3-4-9-19-12/h3-4,6,9-11H,5,7-8H2,1-2H3,(H,20,21). The summed E-state index contributed by atoms with van der Waals surface area (Å²) in [5.41, 5.74) is 1.48. The molecule has 1 aromatic heterocycles. The zero-order valence-electron chi connectivity index (χ0n) is 13.1. The molecule has 2 aromatic rings. The van der Waals surface area contributed by atoms with Crippen molar-refractivity contribution in [2.75, 3.05) is 19.5 Å². The van der Waals surface area contributed by atoms with E-state index in [0.717, 1.165) is 12.1 Å². The van der Waals surface area contributed by atoms with Crippen LogP contribution in [0.2, 0.25) is 5.02 Å². The molecule has 1 aromatic carbocycles. The van der Waals surface area contributed by atoms with Gasteiger partial charge in [0.15, 0.2) is 11.5 Å². The van der Waals surface area contributed by atoms with Gasteiger partial charge in [0.25, 0.3) is 0 Å². The van der Waals surface area contributed by atoms with Crippen molar-refractivity contribution in [3.8, 4) is 11.5 Å². The van der Waals surface area contributed by atoms with Gasteiger partial charge in [-0.05, 0) is 25.0 Å². The van der Waals surface area contributed by atoms with Gasteiger partial charge in [-0.15, -0.1) is 0 Å². The van der Waals surface area contributed by atoms with Crippen LogP contribution in [0.1, 0.15) is 18.5 Å². The van der Waals surface area contributed by atoms with E-state index in [0.29, 0.717) is 35.1 Å². The molecule has 1 heterocycles. The number of ether oxygens (including phenoxy) is 2. The van der Waals surface area contributed by atoms with Crippen molar-refractivity contribution in [3.05, 3.63) is 47.2 Å². The van der Waals surface area contributed by atoms with E-state index in [4.69, 9.17) is 21.1 Å². The lowest BCUT2D eigenvalue weighted by Gasteiger charge is -2.12. The molecule has 0 aliphatic heterocycles. The highest BCUT2D eigenvalue weighted by atomic mass is 35.5. The molecule has 2 rings (SSSR count). The van der Waals surface area contributed by atoms with Crippen molar-refractivity contribution in [3.63, 3.8) is 0 Å². The van der Waals surface area contributed by atoms with E-state index in [-0.39, 0.29) is 5.91 Å². The Hall–Kier alpha value is -2.27. The second-order valence-corrected chi connectivity index (χ2v) is 5.32. The number of methoxy groups -OCH3 is 2. The average molecular weight is 335 g/mol. The lowest BCUT2D eigenvalue weighted by Crippen LogP contribution is -2.12. The van der Waals surface area contributed by atoms with Crippen LogP contribution in [0.15, 0.2) is 36.5 Å². The predicted octanol–water partition coefficient (Wildman–Crippen LogP) is 3.71. The van der Waals surface area contributed by atoms with Crippen LogP contribution in [0.25, 0.3) is 0 Å². The number of carbonyl (C=O) groups is 1. The number of aryl methyl sites for hydroxylation is 1.